The van der Waals surface area contributed by atoms with Gasteiger partial charge in [-0.15, -0.1) is 10.2 Å². The molecule has 0 spiro atoms. The first-order valence-electron chi connectivity index (χ1n) is 3.94. The number of thioether (sulfide) groups is 1. The van der Waals surface area contributed by atoms with Crippen LogP contribution in [0.2, 0.25) is 0 Å². The van der Waals surface area contributed by atoms with E-state index in [0.29, 0.717) is 0 Å². The Labute approximate surface area is 85.8 Å². The summed E-state index contributed by atoms with van der Waals surface area (Å²) in [7, 11) is 0. The number of rotatable bonds is 5. The van der Waals surface area contributed by atoms with Crippen LogP contribution in [0.4, 0.5) is 5.13 Å². The van der Waals surface area contributed by atoms with Gasteiger partial charge in [0.25, 0.3) is 0 Å². The van der Waals surface area contributed by atoms with Crippen molar-refractivity contribution in [2.24, 2.45) is 0 Å². The Morgan fingerprint density at radius 1 is 1.77 bits per heavy atom. The molecule has 0 fully saturated rings. The van der Waals surface area contributed by atoms with Crippen LogP contribution >= 0.6 is 23.1 Å². The van der Waals surface area contributed by atoms with E-state index < -0.39 is 0 Å². The molecule has 0 aromatic carbocycles. The van der Waals surface area contributed by atoms with Crippen molar-refractivity contribution < 1.29 is 5.11 Å². The van der Waals surface area contributed by atoms with Gasteiger partial charge in [-0.05, 0) is 13.2 Å². The van der Waals surface area contributed by atoms with Crippen molar-refractivity contribution in [3.63, 3.8) is 0 Å². The number of hydrogen-bond donors (Lipinski definition) is 2. The van der Waals surface area contributed by atoms with Crippen molar-refractivity contribution in [2.45, 2.75) is 18.2 Å². The molecular weight excluding hydrogens is 206 g/mol. The molecule has 2 N–H and O–H groups in total. The smallest absolute Gasteiger partial charge is 0.205 e. The van der Waals surface area contributed by atoms with Crippen molar-refractivity contribution in [3.8, 4) is 0 Å². The number of nitrogens with one attached hydrogen (secondary N) is 1. The average Bonchev–Trinajstić information content (AvgIpc) is 2.59. The lowest BCUT2D eigenvalue weighted by Crippen LogP contribution is -2.30. The first kappa shape index (κ1) is 10.7. The molecule has 0 radical (unpaired) electrons. The summed E-state index contributed by atoms with van der Waals surface area (Å²) in [6, 6.07) is 0.202. The number of nitrogens with zero attached hydrogens (tertiary/aromatic N) is 2. The Kier molecular flexibility index (Phi) is 4.47. The highest BCUT2D eigenvalue weighted by atomic mass is 32.2. The third-order valence-corrected chi connectivity index (χ3v) is 3.54. The summed E-state index contributed by atoms with van der Waals surface area (Å²) in [5.74, 6) is 0. The molecule has 13 heavy (non-hydrogen) atoms. The highest BCUT2D eigenvalue weighted by molar-refractivity contribution is 7.99. The van der Waals surface area contributed by atoms with Gasteiger partial charge in [0, 0.05) is 11.3 Å². The first-order valence-corrected chi connectivity index (χ1v) is 6.11. The minimum absolute atomic E-state index is 0.175. The van der Waals surface area contributed by atoms with Crippen molar-refractivity contribution >= 4 is 28.2 Å². The molecule has 0 aliphatic carbocycles. The van der Waals surface area contributed by atoms with Gasteiger partial charge < -0.3 is 10.4 Å². The van der Waals surface area contributed by atoms with Crippen LogP contribution in [0, 0.1) is 0 Å². The van der Waals surface area contributed by atoms with E-state index in [-0.39, 0.29) is 17.9 Å². The van der Waals surface area contributed by atoms with Crippen LogP contribution < -0.4 is 5.32 Å². The largest absolute Gasteiger partial charge is 0.395 e. The molecule has 0 bridgehead atoms. The fourth-order valence-electron chi connectivity index (χ4n) is 0.960. The topological polar surface area (TPSA) is 58.0 Å². The normalized spacial score (nSPS) is 15.3. The van der Waals surface area contributed by atoms with E-state index in [0.717, 1.165) is 5.13 Å². The quantitative estimate of drug-likeness (QED) is 0.775. The third-order valence-electron chi connectivity index (χ3n) is 1.75. The highest BCUT2D eigenvalue weighted by Gasteiger charge is 2.15. The lowest BCUT2D eigenvalue weighted by Gasteiger charge is -2.20. The average molecular weight is 219 g/mol. The molecule has 6 heteroatoms. The Hall–Kier alpha value is -0.330. The molecule has 2 unspecified atom stereocenters. The number of hydrogen-bond acceptors (Lipinski definition) is 6. The summed E-state index contributed by atoms with van der Waals surface area (Å²) in [5.41, 5.74) is 1.68. The minimum atomic E-state index is 0.175. The zero-order chi connectivity index (χ0) is 9.68. The SMILES string of the molecule is CSC(CO)C(C)Nc1nncs1. The van der Waals surface area contributed by atoms with Crippen molar-refractivity contribution in [3.05, 3.63) is 5.51 Å². The van der Waals surface area contributed by atoms with Gasteiger partial charge in [-0.1, -0.05) is 11.3 Å². The van der Waals surface area contributed by atoms with Gasteiger partial charge >= 0.3 is 0 Å². The Balaban J connectivity index is 2.44. The molecule has 74 valence electrons. The van der Waals surface area contributed by atoms with Crippen LogP contribution in [0.3, 0.4) is 0 Å². The number of aliphatic hydroxyl groups excluding tert-OH is 1. The van der Waals surface area contributed by atoms with Crippen LogP contribution in [0.15, 0.2) is 5.51 Å². The van der Waals surface area contributed by atoms with Crippen LogP contribution in [0.1, 0.15) is 6.92 Å². The van der Waals surface area contributed by atoms with E-state index in [2.05, 4.69) is 15.5 Å². The standard InChI is InChI=1S/C7H13N3OS2/c1-5(6(3-11)12-2)9-7-10-8-4-13-7/h4-6,11H,3H2,1-2H3,(H,9,10). The minimum Gasteiger partial charge on any atom is -0.395 e. The molecular formula is C7H13N3OS2. The van der Waals surface area contributed by atoms with Gasteiger partial charge in [0.15, 0.2) is 0 Å². The molecule has 0 aliphatic rings. The lowest BCUT2D eigenvalue weighted by atomic mass is 10.2. The van der Waals surface area contributed by atoms with Crippen LogP contribution in [0.5, 0.6) is 0 Å². The predicted molar refractivity (Wildman–Crippen MR) is 57.4 cm³/mol. The van der Waals surface area contributed by atoms with Crippen LogP contribution in [0.25, 0.3) is 0 Å². The lowest BCUT2D eigenvalue weighted by molar-refractivity contribution is 0.288. The molecule has 1 aromatic rings. The molecule has 1 aromatic heterocycles. The zero-order valence-electron chi connectivity index (χ0n) is 7.60. The summed E-state index contributed by atoms with van der Waals surface area (Å²) in [6.07, 6.45) is 1.99. The second-order valence-electron chi connectivity index (χ2n) is 2.63. The number of aromatic nitrogens is 2. The van der Waals surface area contributed by atoms with E-state index >= 15 is 0 Å². The summed E-state index contributed by atoms with van der Waals surface area (Å²) in [6.45, 7) is 2.20. The van der Waals surface area contributed by atoms with Gasteiger partial charge in [-0.25, -0.2) is 0 Å². The molecule has 0 saturated carbocycles. The molecule has 4 nitrogen and oxygen atoms in total. The highest BCUT2D eigenvalue weighted by Crippen LogP contribution is 2.16. The van der Waals surface area contributed by atoms with Gasteiger partial charge in [-0.3, -0.25) is 0 Å². The number of anilines is 1. The van der Waals surface area contributed by atoms with Crippen molar-refractivity contribution in [2.75, 3.05) is 18.2 Å². The third kappa shape index (κ3) is 3.13. The monoisotopic (exact) mass is 219 g/mol. The predicted octanol–water partition coefficient (Wildman–Crippen LogP) is 1.06. The van der Waals surface area contributed by atoms with E-state index in [4.69, 9.17) is 5.11 Å². The van der Waals surface area contributed by atoms with E-state index in [9.17, 15) is 0 Å². The Bertz CT molecular complexity index is 226. The van der Waals surface area contributed by atoms with E-state index in [1.807, 2.05) is 13.2 Å². The maximum atomic E-state index is 9.03. The number of aliphatic hydroxyl groups is 1. The van der Waals surface area contributed by atoms with Gasteiger partial charge in [0.05, 0.1) is 6.61 Å². The Morgan fingerprint density at radius 2 is 2.54 bits per heavy atom. The molecule has 2 atom stereocenters. The molecule has 1 heterocycles. The summed E-state index contributed by atoms with van der Waals surface area (Å²) >= 11 is 3.11. The second kappa shape index (κ2) is 5.41. The first-order chi connectivity index (χ1) is 6.27. The van der Waals surface area contributed by atoms with Crippen molar-refractivity contribution in [1.29, 1.82) is 0 Å². The molecule has 0 amide bonds. The van der Waals surface area contributed by atoms with Crippen molar-refractivity contribution in [1.82, 2.24) is 10.2 Å². The Morgan fingerprint density at radius 3 is 3.00 bits per heavy atom. The summed E-state index contributed by atoms with van der Waals surface area (Å²) in [4.78, 5) is 0. The van der Waals surface area contributed by atoms with E-state index in [1.54, 1.807) is 17.3 Å². The second-order valence-corrected chi connectivity index (χ2v) is 4.54. The van der Waals surface area contributed by atoms with Crippen LogP contribution in [-0.2, 0) is 0 Å². The summed E-state index contributed by atoms with van der Waals surface area (Å²) < 4.78 is 0. The van der Waals surface area contributed by atoms with Gasteiger partial charge in [0.1, 0.15) is 5.51 Å². The van der Waals surface area contributed by atoms with Crippen LogP contribution in [-0.4, -0.2) is 39.5 Å². The fraction of sp³-hybridized carbons (Fsp3) is 0.714. The molecule has 0 aliphatic heterocycles. The molecule has 0 saturated heterocycles. The maximum absolute atomic E-state index is 9.03. The molecule has 1 rings (SSSR count). The zero-order valence-corrected chi connectivity index (χ0v) is 9.23. The fourth-order valence-corrected chi connectivity index (χ4v) is 2.13. The van der Waals surface area contributed by atoms with Gasteiger partial charge in [0.2, 0.25) is 5.13 Å². The van der Waals surface area contributed by atoms with Gasteiger partial charge in [-0.2, -0.15) is 11.8 Å². The van der Waals surface area contributed by atoms with E-state index in [1.165, 1.54) is 11.3 Å². The maximum Gasteiger partial charge on any atom is 0.205 e. The summed E-state index contributed by atoms with van der Waals surface area (Å²) in [5, 5.41) is 20.8.